The maximum absolute atomic E-state index is 5.74. The molecule has 0 saturated carbocycles. The van der Waals surface area contributed by atoms with Crippen LogP contribution in [0.2, 0.25) is 0 Å². The van der Waals surface area contributed by atoms with E-state index in [0.29, 0.717) is 17.5 Å². The summed E-state index contributed by atoms with van der Waals surface area (Å²) in [7, 11) is 0. The summed E-state index contributed by atoms with van der Waals surface area (Å²) >= 11 is 0. The molecule has 0 unspecified atom stereocenters. The quantitative estimate of drug-likeness (QED) is 0.785. The molecule has 16 heavy (non-hydrogen) atoms. The van der Waals surface area contributed by atoms with E-state index in [1.165, 1.54) is 0 Å². The highest BCUT2D eigenvalue weighted by Crippen LogP contribution is 2.25. The lowest BCUT2D eigenvalue weighted by atomic mass is 10.1. The smallest absolute Gasteiger partial charge is 0.248 e. The topological polar surface area (TPSA) is 64.9 Å². The summed E-state index contributed by atoms with van der Waals surface area (Å²) in [6, 6.07) is 5.66. The van der Waals surface area contributed by atoms with Crippen LogP contribution in [-0.4, -0.2) is 10.2 Å². The van der Waals surface area contributed by atoms with Gasteiger partial charge in [0.1, 0.15) is 0 Å². The zero-order valence-corrected chi connectivity index (χ0v) is 9.69. The van der Waals surface area contributed by atoms with E-state index in [2.05, 4.69) is 10.2 Å². The molecule has 0 saturated heterocycles. The minimum absolute atomic E-state index is 0.239. The van der Waals surface area contributed by atoms with Gasteiger partial charge in [-0.25, -0.2) is 0 Å². The summed E-state index contributed by atoms with van der Waals surface area (Å²) < 4.78 is 5.59. The third-order valence-electron chi connectivity index (χ3n) is 2.43. The predicted octanol–water partition coefficient (Wildman–Crippen LogP) is 2.75. The number of benzene rings is 1. The van der Waals surface area contributed by atoms with Crippen molar-refractivity contribution in [3.05, 3.63) is 29.7 Å². The van der Waals surface area contributed by atoms with E-state index < -0.39 is 0 Å². The second-order valence-corrected chi connectivity index (χ2v) is 4.17. The summed E-state index contributed by atoms with van der Waals surface area (Å²) in [5.41, 5.74) is 8.42. The summed E-state index contributed by atoms with van der Waals surface area (Å²) in [4.78, 5) is 0. The fourth-order valence-electron chi connectivity index (χ4n) is 1.45. The maximum Gasteiger partial charge on any atom is 0.248 e. The van der Waals surface area contributed by atoms with Crippen LogP contribution < -0.4 is 5.73 Å². The van der Waals surface area contributed by atoms with Crippen LogP contribution in [0.3, 0.4) is 0 Å². The highest BCUT2D eigenvalue weighted by molar-refractivity contribution is 5.63. The molecule has 4 nitrogen and oxygen atoms in total. The molecule has 84 valence electrons. The normalized spacial score (nSPS) is 11.0. The molecule has 0 atom stereocenters. The minimum atomic E-state index is 0.239. The Morgan fingerprint density at radius 3 is 2.62 bits per heavy atom. The monoisotopic (exact) mass is 217 g/mol. The first-order valence-corrected chi connectivity index (χ1v) is 5.28. The molecule has 0 radical (unpaired) electrons. The Kier molecular flexibility index (Phi) is 2.64. The minimum Gasteiger partial charge on any atom is -0.420 e. The van der Waals surface area contributed by atoms with Crippen molar-refractivity contribution in [2.45, 2.75) is 26.7 Å². The largest absolute Gasteiger partial charge is 0.420 e. The molecular weight excluding hydrogens is 202 g/mol. The van der Waals surface area contributed by atoms with Crippen LogP contribution in [-0.2, 0) is 0 Å². The van der Waals surface area contributed by atoms with Crippen molar-refractivity contribution in [3.8, 4) is 11.5 Å². The van der Waals surface area contributed by atoms with Crippen LogP contribution in [0.1, 0.15) is 31.2 Å². The highest BCUT2D eigenvalue weighted by atomic mass is 16.4. The molecule has 0 fully saturated rings. The van der Waals surface area contributed by atoms with Crippen LogP contribution in [0.4, 0.5) is 5.69 Å². The Labute approximate surface area is 94.5 Å². The van der Waals surface area contributed by atoms with Crippen LogP contribution in [0, 0.1) is 6.92 Å². The van der Waals surface area contributed by atoms with Gasteiger partial charge < -0.3 is 10.2 Å². The molecular formula is C12H15N3O. The van der Waals surface area contributed by atoms with Crippen molar-refractivity contribution in [1.82, 2.24) is 10.2 Å². The van der Waals surface area contributed by atoms with E-state index in [1.54, 1.807) is 0 Å². The van der Waals surface area contributed by atoms with Gasteiger partial charge in [-0.05, 0) is 24.6 Å². The molecule has 0 aliphatic rings. The van der Waals surface area contributed by atoms with Crippen LogP contribution >= 0.6 is 0 Å². The number of nitrogens with two attached hydrogens (primary N) is 1. The average molecular weight is 217 g/mol. The number of aromatic nitrogens is 2. The summed E-state index contributed by atoms with van der Waals surface area (Å²) in [5.74, 6) is 1.42. The fourth-order valence-corrected chi connectivity index (χ4v) is 1.45. The highest BCUT2D eigenvalue weighted by Gasteiger charge is 2.13. The number of nitrogens with zero attached hydrogens (tertiary/aromatic N) is 2. The van der Waals surface area contributed by atoms with Crippen LogP contribution in [0.25, 0.3) is 11.5 Å². The van der Waals surface area contributed by atoms with Crippen molar-refractivity contribution < 1.29 is 4.42 Å². The van der Waals surface area contributed by atoms with E-state index in [-0.39, 0.29) is 5.92 Å². The molecule has 0 bridgehead atoms. The first-order chi connectivity index (χ1) is 7.58. The second kappa shape index (κ2) is 3.96. The molecule has 0 aliphatic carbocycles. The molecule has 2 rings (SSSR count). The van der Waals surface area contributed by atoms with Gasteiger partial charge in [-0.1, -0.05) is 19.9 Å². The third kappa shape index (κ3) is 1.91. The second-order valence-electron chi connectivity index (χ2n) is 4.17. The Balaban J connectivity index is 2.46. The Bertz CT molecular complexity index is 503. The fraction of sp³-hybridized carbons (Fsp3) is 0.333. The van der Waals surface area contributed by atoms with Crippen molar-refractivity contribution in [3.63, 3.8) is 0 Å². The number of hydrogen-bond acceptors (Lipinski definition) is 4. The van der Waals surface area contributed by atoms with Gasteiger partial charge in [0, 0.05) is 17.2 Å². The lowest BCUT2D eigenvalue weighted by Gasteiger charge is -2.02. The van der Waals surface area contributed by atoms with Crippen molar-refractivity contribution in [1.29, 1.82) is 0 Å². The van der Waals surface area contributed by atoms with Crippen molar-refractivity contribution in [2.75, 3.05) is 5.73 Å². The van der Waals surface area contributed by atoms with Crippen molar-refractivity contribution >= 4 is 5.69 Å². The molecule has 1 heterocycles. The van der Waals surface area contributed by atoms with Gasteiger partial charge in [0.15, 0.2) is 0 Å². The molecule has 2 aromatic rings. The van der Waals surface area contributed by atoms with E-state index in [4.69, 9.17) is 10.2 Å². The molecule has 2 N–H and O–H groups in total. The number of anilines is 1. The summed E-state index contributed by atoms with van der Waals surface area (Å²) in [6.07, 6.45) is 0. The van der Waals surface area contributed by atoms with E-state index in [0.717, 1.165) is 11.1 Å². The van der Waals surface area contributed by atoms with Gasteiger partial charge in [-0.2, -0.15) is 0 Å². The molecule has 0 amide bonds. The Hall–Kier alpha value is -1.84. The maximum atomic E-state index is 5.74. The first-order valence-electron chi connectivity index (χ1n) is 5.28. The number of hydrogen-bond donors (Lipinski definition) is 1. The van der Waals surface area contributed by atoms with E-state index >= 15 is 0 Å². The summed E-state index contributed by atoms with van der Waals surface area (Å²) in [6.45, 7) is 6.03. The standard InChI is InChI=1S/C12H15N3O/c1-7(2)11-14-15-12(16-11)10-6-9(13)5-4-8(10)3/h4-7H,13H2,1-3H3. The molecule has 0 aliphatic heterocycles. The van der Waals surface area contributed by atoms with Gasteiger partial charge >= 0.3 is 0 Å². The van der Waals surface area contributed by atoms with Gasteiger partial charge in [0.25, 0.3) is 0 Å². The first kappa shape index (κ1) is 10.7. The Morgan fingerprint density at radius 2 is 2.00 bits per heavy atom. The van der Waals surface area contributed by atoms with Crippen LogP contribution in [0.15, 0.2) is 22.6 Å². The zero-order chi connectivity index (χ0) is 11.7. The SMILES string of the molecule is Cc1ccc(N)cc1-c1nnc(C(C)C)o1. The summed E-state index contributed by atoms with van der Waals surface area (Å²) in [5, 5.41) is 8.04. The third-order valence-corrected chi connectivity index (χ3v) is 2.43. The van der Waals surface area contributed by atoms with Crippen molar-refractivity contribution in [2.24, 2.45) is 0 Å². The van der Waals surface area contributed by atoms with Gasteiger partial charge in [-0.15, -0.1) is 10.2 Å². The molecule has 0 spiro atoms. The predicted molar refractivity (Wildman–Crippen MR) is 63.0 cm³/mol. The van der Waals surface area contributed by atoms with Gasteiger partial charge in [0.05, 0.1) is 0 Å². The number of aryl methyl sites for hydroxylation is 1. The molecule has 1 aromatic heterocycles. The van der Waals surface area contributed by atoms with Gasteiger partial charge in [0.2, 0.25) is 11.8 Å². The van der Waals surface area contributed by atoms with E-state index in [1.807, 2.05) is 39.0 Å². The zero-order valence-electron chi connectivity index (χ0n) is 9.69. The van der Waals surface area contributed by atoms with Gasteiger partial charge in [-0.3, -0.25) is 0 Å². The average Bonchev–Trinajstić information content (AvgIpc) is 2.70. The molecule has 4 heteroatoms. The number of nitrogen functional groups attached to an aromatic ring is 1. The molecule has 1 aromatic carbocycles. The lowest BCUT2D eigenvalue weighted by molar-refractivity contribution is 0.481. The van der Waals surface area contributed by atoms with E-state index in [9.17, 15) is 0 Å². The number of rotatable bonds is 2. The Morgan fingerprint density at radius 1 is 1.25 bits per heavy atom. The lowest BCUT2D eigenvalue weighted by Crippen LogP contribution is -1.88. The van der Waals surface area contributed by atoms with Crippen LogP contribution in [0.5, 0.6) is 0 Å².